The molecule has 0 aliphatic rings. The van der Waals surface area contributed by atoms with Crippen LogP contribution in [0.1, 0.15) is 21.5 Å². The zero-order valence-corrected chi connectivity index (χ0v) is 11.6. The van der Waals surface area contributed by atoms with Gasteiger partial charge in [-0.3, -0.25) is 4.79 Å². The Kier molecular flexibility index (Phi) is 4.15. The van der Waals surface area contributed by atoms with Gasteiger partial charge in [-0.15, -0.1) is 0 Å². The van der Waals surface area contributed by atoms with Gasteiger partial charge in [-0.25, -0.2) is 4.39 Å². The average Bonchev–Trinajstić information content (AvgIpc) is 2.48. The summed E-state index contributed by atoms with van der Waals surface area (Å²) in [7, 11) is 1.69. The minimum atomic E-state index is -0.313. The maximum atomic E-state index is 13.3. The first-order valence-corrected chi connectivity index (χ1v) is 6.36. The Morgan fingerprint density at radius 1 is 1.25 bits per heavy atom. The summed E-state index contributed by atoms with van der Waals surface area (Å²) in [4.78, 5) is 14.0. The van der Waals surface area contributed by atoms with Crippen molar-refractivity contribution in [2.75, 3.05) is 11.9 Å². The second kappa shape index (κ2) is 5.84. The van der Waals surface area contributed by atoms with Crippen LogP contribution in [0.2, 0.25) is 0 Å². The minimum absolute atomic E-state index is 0.186. The van der Waals surface area contributed by atoms with E-state index in [1.165, 1.54) is 17.0 Å². The molecule has 0 unspecified atom stereocenters. The summed E-state index contributed by atoms with van der Waals surface area (Å²) >= 11 is 0. The highest BCUT2D eigenvalue weighted by molar-refractivity contribution is 6.06. The third kappa shape index (κ3) is 2.70. The number of nitrogens with zero attached hydrogens (tertiary/aromatic N) is 1. The topological polar surface area (TPSA) is 46.3 Å². The Bertz CT molecular complexity index is 640. The molecule has 2 N–H and O–H groups in total. The van der Waals surface area contributed by atoms with Crippen molar-refractivity contribution in [3.63, 3.8) is 0 Å². The van der Waals surface area contributed by atoms with Crippen molar-refractivity contribution in [2.24, 2.45) is 5.73 Å². The summed E-state index contributed by atoms with van der Waals surface area (Å²) < 4.78 is 13.3. The zero-order valence-electron chi connectivity index (χ0n) is 11.6. The van der Waals surface area contributed by atoms with Crippen LogP contribution < -0.4 is 10.6 Å². The Hall–Kier alpha value is -2.20. The summed E-state index contributed by atoms with van der Waals surface area (Å²) in [6, 6.07) is 11.8. The molecule has 3 nitrogen and oxygen atoms in total. The van der Waals surface area contributed by atoms with E-state index in [1.54, 1.807) is 20.0 Å². The van der Waals surface area contributed by atoms with E-state index in [1.807, 2.05) is 24.3 Å². The summed E-state index contributed by atoms with van der Waals surface area (Å²) in [6.07, 6.45) is 0. The fourth-order valence-corrected chi connectivity index (χ4v) is 2.09. The van der Waals surface area contributed by atoms with E-state index in [0.29, 0.717) is 17.7 Å². The lowest BCUT2D eigenvalue weighted by atomic mass is 10.1. The molecule has 20 heavy (non-hydrogen) atoms. The first-order valence-electron chi connectivity index (χ1n) is 6.36. The lowest BCUT2D eigenvalue weighted by Crippen LogP contribution is -2.27. The lowest BCUT2D eigenvalue weighted by Gasteiger charge is -2.20. The highest BCUT2D eigenvalue weighted by atomic mass is 19.1. The third-order valence-corrected chi connectivity index (χ3v) is 3.28. The Labute approximate surface area is 117 Å². The summed E-state index contributed by atoms with van der Waals surface area (Å²) in [5, 5.41) is 0. The molecular weight excluding hydrogens is 255 g/mol. The van der Waals surface area contributed by atoms with Gasteiger partial charge in [-0.1, -0.05) is 18.2 Å². The molecule has 0 saturated heterocycles. The van der Waals surface area contributed by atoms with Crippen LogP contribution in [0.5, 0.6) is 0 Å². The van der Waals surface area contributed by atoms with Gasteiger partial charge >= 0.3 is 0 Å². The molecule has 1 amide bonds. The molecule has 0 atom stereocenters. The van der Waals surface area contributed by atoms with E-state index in [-0.39, 0.29) is 11.7 Å². The second-order valence-electron chi connectivity index (χ2n) is 4.66. The van der Waals surface area contributed by atoms with Crippen molar-refractivity contribution >= 4 is 11.6 Å². The fourth-order valence-electron chi connectivity index (χ4n) is 2.09. The summed E-state index contributed by atoms with van der Waals surface area (Å²) in [5.41, 5.74) is 8.25. The molecule has 0 aliphatic carbocycles. The van der Waals surface area contributed by atoms with Gasteiger partial charge in [0.1, 0.15) is 5.82 Å². The van der Waals surface area contributed by atoms with Crippen molar-refractivity contribution in [1.82, 2.24) is 0 Å². The van der Waals surface area contributed by atoms with E-state index in [0.717, 1.165) is 11.3 Å². The SMILES string of the molecule is Cc1cc(C(=O)N(C)c2ccccc2CN)ccc1F. The number of rotatable bonds is 3. The van der Waals surface area contributed by atoms with Crippen molar-refractivity contribution in [2.45, 2.75) is 13.5 Å². The molecule has 0 saturated carbocycles. The molecule has 2 aromatic rings. The highest BCUT2D eigenvalue weighted by Crippen LogP contribution is 2.21. The van der Waals surface area contributed by atoms with Gasteiger partial charge < -0.3 is 10.6 Å². The number of halogens is 1. The number of benzene rings is 2. The molecule has 0 fully saturated rings. The normalized spacial score (nSPS) is 10.4. The van der Waals surface area contributed by atoms with Crippen LogP contribution in [0.15, 0.2) is 42.5 Å². The van der Waals surface area contributed by atoms with Crippen LogP contribution in [0, 0.1) is 12.7 Å². The lowest BCUT2D eigenvalue weighted by molar-refractivity contribution is 0.0992. The molecule has 2 rings (SSSR count). The predicted molar refractivity (Wildman–Crippen MR) is 78.2 cm³/mol. The average molecular weight is 272 g/mol. The number of para-hydroxylation sites is 1. The molecule has 0 radical (unpaired) electrons. The van der Waals surface area contributed by atoms with Gasteiger partial charge in [0.05, 0.1) is 0 Å². The van der Waals surface area contributed by atoms with Crippen LogP contribution in [-0.4, -0.2) is 13.0 Å². The van der Waals surface area contributed by atoms with Gasteiger partial charge in [-0.05, 0) is 42.3 Å². The predicted octanol–water partition coefficient (Wildman–Crippen LogP) is 2.87. The first kappa shape index (κ1) is 14.2. The molecule has 0 aliphatic heterocycles. The number of carbonyl (C=O) groups excluding carboxylic acids is 1. The first-order chi connectivity index (χ1) is 9.54. The molecule has 2 aromatic carbocycles. The summed E-state index contributed by atoms with van der Waals surface area (Å²) in [6.45, 7) is 2.00. The maximum absolute atomic E-state index is 13.3. The van der Waals surface area contributed by atoms with Crippen molar-refractivity contribution in [1.29, 1.82) is 0 Å². The Morgan fingerprint density at radius 3 is 2.60 bits per heavy atom. The minimum Gasteiger partial charge on any atom is -0.326 e. The van der Waals surface area contributed by atoms with Crippen molar-refractivity contribution in [3.8, 4) is 0 Å². The van der Waals surface area contributed by atoms with Gasteiger partial charge in [0.25, 0.3) is 5.91 Å². The fraction of sp³-hybridized carbons (Fsp3) is 0.188. The molecular formula is C16H17FN2O. The van der Waals surface area contributed by atoms with Crippen LogP contribution in [-0.2, 0) is 6.54 Å². The molecule has 0 heterocycles. The van der Waals surface area contributed by atoms with Gasteiger partial charge in [-0.2, -0.15) is 0 Å². The third-order valence-electron chi connectivity index (χ3n) is 3.28. The number of nitrogens with two attached hydrogens (primary N) is 1. The second-order valence-corrected chi connectivity index (χ2v) is 4.66. The largest absolute Gasteiger partial charge is 0.326 e. The van der Waals surface area contributed by atoms with E-state index in [9.17, 15) is 9.18 Å². The monoisotopic (exact) mass is 272 g/mol. The van der Waals surface area contributed by atoms with E-state index < -0.39 is 0 Å². The highest BCUT2D eigenvalue weighted by Gasteiger charge is 2.16. The molecule has 0 bridgehead atoms. The molecule has 0 spiro atoms. The van der Waals surface area contributed by atoms with Crippen LogP contribution >= 0.6 is 0 Å². The number of hydrogen-bond donors (Lipinski definition) is 1. The maximum Gasteiger partial charge on any atom is 0.258 e. The molecule has 104 valence electrons. The van der Waals surface area contributed by atoms with Crippen LogP contribution in [0.4, 0.5) is 10.1 Å². The van der Waals surface area contributed by atoms with Crippen molar-refractivity contribution < 1.29 is 9.18 Å². The van der Waals surface area contributed by atoms with Gasteiger partial charge in [0.15, 0.2) is 0 Å². The van der Waals surface area contributed by atoms with E-state index >= 15 is 0 Å². The van der Waals surface area contributed by atoms with Gasteiger partial charge in [0, 0.05) is 24.8 Å². The Balaban J connectivity index is 2.34. The molecule has 0 aromatic heterocycles. The standard InChI is InChI=1S/C16H17FN2O/c1-11-9-12(7-8-14(11)17)16(20)19(2)15-6-4-3-5-13(15)10-18/h3-9H,10,18H2,1-2H3. The van der Waals surface area contributed by atoms with Crippen LogP contribution in [0.25, 0.3) is 0 Å². The number of aryl methyl sites for hydroxylation is 1. The number of hydrogen-bond acceptors (Lipinski definition) is 2. The van der Waals surface area contributed by atoms with Crippen LogP contribution in [0.3, 0.4) is 0 Å². The van der Waals surface area contributed by atoms with E-state index in [4.69, 9.17) is 5.73 Å². The van der Waals surface area contributed by atoms with E-state index in [2.05, 4.69) is 0 Å². The zero-order chi connectivity index (χ0) is 14.7. The van der Waals surface area contributed by atoms with Gasteiger partial charge in [0.2, 0.25) is 0 Å². The number of amides is 1. The summed E-state index contributed by atoms with van der Waals surface area (Å²) in [5.74, 6) is -0.499. The van der Waals surface area contributed by atoms with Crippen molar-refractivity contribution in [3.05, 3.63) is 65.0 Å². The Morgan fingerprint density at radius 2 is 1.95 bits per heavy atom. The number of carbonyl (C=O) groups is 1. The smallest absolute Gasteiger partial charge is 0.258 e. The quantitative estimate of drug-likeness (QED) is 0.934. The molecule has 4 heteroatoms. The number of anilines is 1.